The molecule has 0 aliphatic heterocycles. The first-order chi connectivity index (χ1) is 10.1. The second-order valence-corrected chi connectivity index (χ2v) is 4.26. The summed E-state index contributed by atoms with van der Waals surface area (Å²) in [5.41, 5.74) is 0.568. The monoisotopic (exact) mass is 289 g/mol. The normalized spacial score (nSPS) is 10.1. The molecule has 0 saturated carbocycles. The number of nitrogens with zero attached hydrogens (tertiary/aromatic N) is 2. The Hall–Kier alpha value is -2.83. The zero-order valence-corrected chi connectivity index (χ0v) is 11.4. The molecule has 1 aromatic heterocycles. The molecule has 7 nitrogen and oxygen atoms in total. The number of benzene rings is 1. The number of nitrogens with one attached hydrogen (secondary N) is 1. The quantitative estimate of drug-likeness (QED) is 0.776. The van der Waals surface area contributed by atoms with E-state index in [9.17, 15) is 9.59 Å². The topological polar surface area (TPSA) is 93.5 Å². The van der Waals surface area contributed by atoms with E-state index in [0.717, 1.165) is 5.69 Å². The average molecular weight is 289 g/mol. The van der Waals surface area contributed by atoms with E-state index in [2.05, 4.69) is 10.4 Å². The van der Waals surface area contributed by atoms with Crippen molar-refractivity contribution in [2.45, 2.75) is 6.92 Å². The van der Waals surface area contributed by atoms with Crippen LogP contribution in [0.3, 0.4) is 0 Å². The van der Waals surface area contributed by atoms with Crippen LogP contribution in [0.2, 0.25) is 0 Å². The first-order valence-electron chi connectivity index (χ1n) is 6.33. The van der Waals surface area contributed by atoms with Crippen molar-refractivity contribution in [3.63, 3.8) is 0 Å². The van der Waals surface area contributed by atoms with Crippen molar-refractivity contribution in [1.82, 2.24) is 15.1 Å². The summed E-state index contributed by atoms with van der Waals surface area (Å²) in [6.45, 7) is 1.86. The summed E-state index contributed by atoms with van der Waals surface area (Å²) in [7, 11) is 0. The minimum atomic E-state index is -1.17. The molecule has 0 bridgehead atoms. The zero-order valence-electron chi connectivity index (χ0n) is 11.4. The van der Waals surface area contributed by atoms with Gasteiger partial charge in [-0.05, 0) is 12.1 Å². The van der Waals surface area contributed by atoms with Gasteiger partial charge in [0.1, 0.15) is 6.61 Å². The van der Waals surface area contributed by atoms with Crippen LogP contribution < -0.4 is 10.1 Å². The van der Waals surface area contributed by atoms with Crippen molar-refractivity contribution < 1.29 is 19.4 Å². The Kier molecular flexibility index (Phi) is 4.55. The first kappa shape index (κ1) is 14.6. The average Bonchev–Trinajstić information content (AvgIpc) is 2.89. The van der Waals surface area contributed by atoms with E-state index in [4.69, 9.17) is 9.84 Å². The van der Waals surface area contributed by atoms with Gasteiger partial charge in [0, 0.05) is 6.92 Å². The third-order valence-electron chi connectivity index (χ3n) is 2.64. The fourth-order valence-corrected chi connectivity index (χ4v) is 1.71. The molecule has 7 heteroatoms. The highest BCUT2D eigenvalue weighted by molar-refractivity contribution is 5.88. The maximum absolute atomic E-state index is 11.2. The van der Waals surface area contributed by atoms with Crippen molar-refractivity contribution in [2.24, 2.45) is 0 Å². The summed E-state index contributed by atoms with van der Waals surface area (Å²) < 4.78 is 6.81. The van der Waals surface area contributed by atoms with Crippen molar-refractivity contribution in [1.29, 1.82) is 0 Å². The molecule has 1 amide bonds. The van der Waals surface area contributed by atoms with Gasteiger partial charge in [-0.25, -0.2) is 9.48 Å². The van der Waals surface area contributed by atoms with Gasteiger partial charge in [0.15, 0.2) is 5.75 Å². The maximum Gasteiger partial charge on any atom is 0.360 e. The Bertz CT molecular complexity index is 637. The lowest BCUT2D eigenvalue weighted by Gasteiger charge is -2.04. The predicted molar refractivity (Wildman–Crippen MR) is 74.7 cm³/mol. The number of hydrogen-bond acceptors (Lipinski definition) is 4. The van der Waals surface area contributed by atoms with Gasteiger partial charge < -0.3 is 15.2 Å². The number of aromatic nitrogens is 2. The molecular formula is C14H15N3O4. The van der Waals surface area contributed by atoms with Crippen molar-refractivity contribution in [2.75, 3.05) is 13.2 Å². The van der Waals surface area contributed by atoms with Crippen LogP contribution in [-0.2, 0) is 4.79 Å². The summed E-state index contributed by atoms with van der Waals surface area (Å²) in [5.74, 6) is -1.17. The molecule has 0 radical (unpaired) electrons. The number of carbonyl (C=O) groups is 2. The fraction of sp³-hybridized carbons (Fsp3) is 0.214. The molecule has 0 aliphatic carbocycles. The van der Waals surface area contributed by atoms with Crippen LogP contribution in [-0.4, -0.2) is 39.9 Å². The Morgan fingerprint density at radius 2 is 2.05 bits per heavy atom. The number of hydrogen-bond donors (Lipinski definition) is 2. The van der Waals surface area contributed by atoms with Crippen LogP contribution in [0, 0.1) is 0 Å². The maximum atomic E-state index is 11.2. The third kappa shape index (κ3) is 3.82. The van der Waals surface area contributed by atoms with Gasteiger partial charge in [-0.15, -0.1) is 0 Å². The molecule has 0 unspecified atom stereocenters. The Balaban J connectivity index is 2.14. The molecule has 21 heavy (non-hydrogen) atoms. The molecule has 2 rings (SSSR count). The Morgan fingerprint density at radius 3 is 2.67 bits per heavy atom. The highest BCUT2D eigenvalue weighted by atomic mass is 16.5. The Labute approximate surface area is 121 Å². The molecule has 1 aromatic carbocycles. The fourth-order valence-electron chi connectivity index (χ4n) is 1.71. The van der Waals surface area contributed by atoms with Gasteiger partial charge >= 0.3 is 5.97 Å². The van der Waals surface area contributed by atoms with Crippen molar-refractivity contribution in [3.8, 4) is 11.4 Å². The highest BCUT2D eigenvalue weighted by Gasteiger charge is 2.17. The zero-order chi connectivity index (χ0) is 15.2. The summed E-state index contributed by atoms with van der Waals surface area (Å²) in [6.07, 6.45) is 1.51. The van der Waals surface area contributed by atoms with E-state index < -0.39 is 5.97 Å². The van der Waals surface area contributed by atoms with E-state index in [1.54, 1.807) is 12.1 Å². The van der Waals surface area contributed by atoms with Gasteiger partial charge in [-0.1, -0.05) is 18.2 Å². The smallest absolute Gasteiger partial charge is 0.360 e. The minimum absolute atomic E-state index is 0.164. The van der Waals surface area contributed by atoms with Gasteiger partial charge in [0.05, 0.1) is 18.4 Å². The number of amides is 1. The second-order valence-electron chi connectivity index (χ2n) is 4.26. The van der Waals surface area contributed by atoms with E-state index >= 15 is 0 Å². The van der Waals surface area contributed by atoms with Crippen LogP contribution >= 0.6 is 0 Å². The number of ether oxygens (including phenoxy) is 1. The molecule has 0 fully saturated rings. The van der Waals surface area contributed by atoms with E-state index in [1.165, 1.54) is 17.8 Å². The second kappa shape index (κ2) is 6.56. The standard InChI is InChI=1S/C14H15N3O4/c1-10(18)15-7-8-21-12-9-17(16-13(12)14(19)20)11-5-3-2-4-6-11/h2-6,9H,7-8H2,1H3,(H,15,18)(H,19,20). The summed E-state index contributed by atoms with van der Waals surface area (Å²) in [4.78, 5) is 21.9. The van der Waals surface area contributed by atoms with Crippen LogP contribution in [0.15, 0.2) is 36.5 Å². The number of aromatic carboxylic acids is 1. The summed E-state index contributed by atoms with van der Waals surface area (Å²) in [6, 6.07) is 9.12. The number of carbonyl (C=O) groups excluding carboxylic acids is 1. The van der Waals surface area contributed by atoms with Crippen molar-refractivity contribution >= 4 is 11.9 Å². The molecule has 110 valence electrons. The van der Waals surface area contributed by atoms with E-state index in [0.29, 0.717) is 6.54 Å². The SMILES string of the molecule is CC(=O)NCCOc1cn(-c2ccccc2)nc1C(=O)O. The number of rotatable bonds is 6. The highest BCUT2D eigenvalue weighted by Crippen LogP contribution is 2.19. The molecule has 0 spiro atoms. The largest absolute Gasteiger partial charge is 0.487 e. The van der Waals surface area contributed by atoms with E-state index in [-0.39, 0.29) is 24.0 Å². The minimum Gasteiger partial charge on any atom is -0.487 e. The lowest BCUT2D eigenvalue weighted by Crippen LogP contribution is -2.25. The first-order valence-corrected chi connectivity index (χ1v) is 6.33. The molecule has 0 atom stereocenters. The molecule has 1 heterocycles. The predicted octanol–water partition coefficient (Wildman–Crippen LogP) is 1.09. The van der Waals surface area contributed by atoms with Gasteiger partial charge in [-0.2, -0.15) is 5.10 Å². The van der Waals surface area contributed by atoms with E-state index in [1.807, 2.05) is 18.2 Å². The van der Waals surface area contributed by atoms with Crippen LogP contribution in [0.5, 0.6) is 5.75 Å². The van der Waals surface area contributed by atoms with Crippen LogP contribution in [0.25, 0.3) is 5.69 Å². The van der Waals surface area contributed by atoms with Gasteiger partial charge in [0.25, 0.3) is 0 Å². The third-order valence-corrected chi connectivity index (χ3v) is 2.64. The Morgan fingerprint density at radius 1 is 1.33 bits per heavy atom. The molecule has 0 saturated heterocycles. The lowest BCUT2D eigenvalue weighted by atomic mass is 10.3. The summed E-state index contributed by atoms with van der Waals surface area (Å²) in [5, 5.41) is 15.7. The van der Waals surface area contributed by atoms with Crippen LogP contribution in [0.1, 0.15) is 17.4 Å². The number of carboxylic acid groups (broad SMARTS) is 1. The van der Waals surface area contributed by atoms with Gasteiger partial charge in [0.2, 0.25) is 11.6 Å². The lowest BCUT2D eigenvalue weighted by molar-refractivity contribution is -0.119. The molecule has 2 aromatic rings. The van der Waals surface area contributed by atoms with Crippen LogP contribution in [0.4, 0.5) is 0 Å². The molecular weight excluding hydrogens is 274 g/mol. The number of para-hydroxylation sites is 1. The van der Waals surface area contributed by atoms with Crippen molar-refractivity contribution in [3.05, 3.63) is 42.2 Å². The summed E-state index contributed by atoms with van der Waals surface area (Å²) >= 11 is 0. The van der Waals surface area contributed by atoms with Gasteiger partial charge in [-0.3, -0.25) is 4.79 Å². The molecule has 0 aliphatic rings. The molecule has 2 N–H and O–H groups in total. The number of carboxylic acids is 1.